The molecule has 0 bridgehead atoms. The Hall–Kier alpha value is -0.0800. The monoisotopic (exact) mass is 240 g/mol. The van der Waals surface area contributed by atoms with Gasteiger partial charge in [0, 0.05) is 12.1 Å². The molecule has 17 heavy (non-hydrogen) atoms. The number of piperidine rings is 1. The Bertz CT molecular complexity index is 174. The summed E-state index contributed by atoms with van der Waals surface area (Å²) in [5.74, 6) is 0. The van der Waals surface area contributed by atoms with Gasteiger partial charge in [-0.15, -0.1) is 0 Å². The first-order valence-corrected chi connectivity index (χ1v) is 7.74. The predicted octanol–water partition coefficient (Wildman–Crippen LogP) is 3.42. The third-order valence-corrected chi connectivity index (χ3v) is 3.93. The summed E-state index contributed by atoms with van der Waals surface area (Å²) in [6.07, 6.45) is 9.41. The number of hydrogen-bond acceptors (Lipinski definition) is 2. The Kier molecular flexibility index (Phi) is 7.87. The molecule has 0 aromatic heterocycles. The van der Waals surface area contributed by atoms with E-state index in [0.29, 0.717) is 6.04 Å². The fourth-order valence-electron chi connectivity index (χ4n) is 2.70. The third kappa shape index (κ3) is 6.42. The smallest absolute Gasteiger partial charge is 0.00938 e. The van der Waals surface area contributed by atoms with Crippen LogP contribution in [0, 0.1) is 0 Å². The lowest BCUT2D eigenvalue weighted by Crippen LogP contribution is -2.45. The fourth-order valence-corrected chi connectivity index (χ4v) is 2.70. The summed E-state index contributed by atoms with van der Waals surface area (Å²) in [6, 6.07) is 1.49. The first kappa shape index (κ1) is 15.0. The molecular formula is C15H32N2. The van der Waals surface area contributed by atoms with Crippen LogP contribution in [0.15, 0.2) is 0 Å². The van der Waals surface area contributed by atoms with E-state index < -0.39 is 0 Å². The Morgan fingerprint density at radius 3 is 2.35 bits per heavy atom. The lowest BCUT2D eigenvalue weighted by molar-refractivity contribution is 0.188. The second-order valence-electron chi connectivity index (χ2n) is 5.68. The third-order valence-electron chi connectivity index (χ3n) is 3.93. The lowest BCUT2D eigenvalue weighted by Gasteiger charge is -2.34. The number of likely N-dealkylation sites (tertiary alicyclic amines) is 1. The SMILES string of the molecule is CCCCC(C)NC1CCN(CCCC)CC1. The van der Waals surface area contributed by atoms with Crippen molar-refractivity contribution in [2.75, 3.05) is 19.6 Å². The van der Waals surface area contributed by atoms with Gasteiger partial charge in [-0.25, -0.2) is 0 Å². The molecule has 1 aliphatic rings. The molecule has 1 unspecified atom stereocenters. The van der Waals surface area contributed by atoms with E-state index in [1.165, 1.54) is 64.6 Å². The Balaban J connectivity index is 2.09. The van der Waals surface area contributed by atoms with Crippen LogP contribution in [0.4, 0.5) is 0 Å². The molecule has 1 aliphatic heterocycles. The second kappa shape index (κ2) is 8.93. The molecule has 102 valence electrons. The highest BCUT2D eigenvalue weighted by Gasteiger charge is 2.19. The number of rotatable bonds is 8. The van der Waals surface area contributed by atoms with E-state index in [0.717, 1.165) is 6.04 Å². The molecule has 1 atom stereocenters. The molecule has 1 saturated heterocycles. The van der Waals surface area contributed by atoms with Gasteiger partial charge in [0.05, 0.1) is 0 Å². The van der Waals surface area contributed by atoms with E-state index in [4.69, 9.17) is 0 Å². The van der Waals surface area contributed by atoms with Crippen LogP contribution in [0.5, 0.6) is 0 Å². The van der Waals surface area contributed by atoms with Crippen molar-refractivity contribution in [2.45, 2.75) is 77.8 Å². The zero-order valence-electron chi connectivity index (χ0n) is 12.2. The average Bonchev–Trinajstić information content (AvgIpc) is 2.35. The van der Waals surface area contributed by atoms with Gasteiger partial charge >= 0.3 is 0 Å². The van der Waals surface area contributed by atoms with Crippen molar-refractivity contribution in [3.05, 3.63) is 0 Å². The van der Waals surface area contributed by atoms with Crippen LogP contribution >= 0.6 is 0 Å². The predicted molar refractivity (Wildman–Crippen MR) is 76.5 cm³/mol. The molecular weight excluding hydrogens is 208 g/mol. The van der Waals surface area contributed by atoms with Crippen LogP contribution in [0.25, 0.3) is 0 Å². The summed E-state index contributed by atoms with van der Waals surface area (Å²) >= 11 is 0. The van der Waals surface area contributed by atoms with Gasteiger partial charge in [0.15, 0.2) is 0 Å². The van der Waals surface area contributed by atoms with Gasteiger partial charge in [0.2, 0.25) is 0 Å². The van der Waals surface area contributed by atoms with Gasteiger partial charge in [-0.05, 0) is 52.2 Å². The van der Waals surface area contributed by atoms with Crippen molar-refractivity contribution >= 4 is 0 Å². The Labute approximate surface area is 108 Å². The van der Waals surface area contributed by atoms with Gasteiger partial charge in [0.1, 0.15) is 0 Å². The van der Waals surface area contributed by atoms with Crippen molar-refractivity contribution in [2.24, 2.45) is 0 Å². The summed E-state index contributed by atoms with van der Waals surface area (Å²) in [6.45, 7) is 10.8. The van der Waals surface area contributed by atoms with Crippen LogP contribution < -0.4 is 5.32 Å². The maximum absolute atomic E-state index is 3.80. The quantitative estimate of drug-likeness (QED) is 0.699. The van der Waals surface area contributed by atoms with Gasteiger partial charge in [0.25, 0.3) is 0 Å². The van der Waals surface area contributed by atoms with Crippen LogP contribution in [0.1, 0.15) is 65.7 Å². The lowest BCUT2D eigenvalue weighted by atomic mass is 10.0. The fraction of sp³-hybridized carbons (Fsp3) is 1.00. The maximum Gasteiger partial charge on any atom is 0.00938 e. The summed E-state index contributed by atoms with van der Waals surface area (Å²) in [5.41, 5.74) is 0. The minimum atomic E-state index is 0.710. The van der Waals surface area contributed by atoms with E-state index in [1.54, 1.807) is 0 Å². The molecule has 0 aromatic carbocycles. The maximum atomic E-state index is 3.80. The van der Waals surface area contributed by atoms with E-state index in [1.807, 2.05) is 0 Å². The van der Waals surface area contributed by atoms with Crippen LogP contribution in [-0.2, 0) is 0 Å². The number of unbranched alkanes of at least 4 members (excludes halogenated alkanes) is 2. The Morgan fingerprint density at radius 2 is 1.76 bits per heavy atom. The van der Waals surface area contributed by atoms with Crippen LogP contribution in [-0.4, -0.2) is 36.6 Å². The zero-order valence-corrected chi connectivity index (χ0v) is 12.2. The normalized spacial score (nSPS) is 20.6. The topological polar surface area (TPSA) is 15.3 Å². The first-order valence-electron chi connectivity index (χ1n) is 7.74. The van der Waals surface area contributed by atoms with Gasteiger partial charge < -0.3 is 10.2 Å². The summed E-state index contributed by atoms with van der Waals surface area (Å²) in [7, 11) is 0. The minimum absolute atomic E-state index is 0.710. The summed E-state index contributed by atoms with van der Waals surface area (Å²) in [4.78, 5) is 2.64. The largest absolute Gasteiger partial charge is 0.311 e. The molecule has 0 radical (unpaired) electrons. The highest BCUT2D eigenvalue weighted by Crippen LogP contribution is 2.12. The van der Waals surface area contributed by atoms with Crippen molar-refractivity contribution in [1.29, 1.82) is 0 Å². The zero-order chi connectivity index (χ0) is 12.5. The molecule has 0 aliphatic carbocycles. The average molecular weight is 240 g/mol. The molecule has 1 rings (SSSR count). The molecule has 1 heterocycles. The number of hydrogen-bond donors (Lipinski definition) is 1. The van der Waals surface area contributed by atoms with Crippen LogP contribution in [0.3, 0.4) is 0 Å². The standard InChI is InChI=1S/C15H32N2/c1-4-6-8-14(3)16-15-9-12-17(13-10-15)11-7-5-2/h14-16H,4-13H2,1-3H3. The van der Waals surface area contributed by atoms with E-state index in [2.05, 4.69) is 31.0 Å². The van der Waals surface area contributed by atoms with Gasteiger partial charge in [-0.1, -0.05) is 33.1 Å². The second-order valence-corrected chi connectivity index (χ2v) is 5.68. The molecule has 2 nitrogen and oxygen atoms in total. The van der Waals surface area contributed by atoms with Crippen molar-refractivity contribution in [3.8, 4) is 0 Å². The minimum Gasteiger partial charge on any atom is -0.311 e. The molecule has 0 aromatic rings. The van der Waals surface area contributed by atoms with Crippen molar-refractivity contribution in [3.63, 3.8) is 0 Å². The molecule has 0 spiro atoms. The van der Waals surface area contributed by atoms with E-state index in [-0.39, 0.29) is 0 Å². The Morgan fingerprint density at radius 1 is 1.12 bits per heavy atom. The van der Waals surface area contributed by atoms with Crippen molar-refractivity contribution in [1.82, 2.24) is 10.2 Å². The van der Waals surface area contributed by atoms with Gasteiger partial charge in [-0.3, -0.25) is 0 Å². The molecule has 1 fully saturated rings. The van der Waals surface area contributed by atoms with Crippen molar-refractivity contribution < 1.29 is 0 Å². The highest BCUT2D eigenvalue weighted by molar-refractivity contribution is 4.79. The van der Waals surface area contributed by atoms with Crippen LogP contribution in [0.2, 0.25) is 0 Å². The van der Waals surface area contributed by atoms with Gasteiger partial charge in [-0.2, -0.15) is 0 Å². The first-order chi connectivity index (χ1) is 8.26. The number of nitrogens with one attached hydrogen (secondary N) is 1. The van der Waals surface area contributed by atoms with E-state index >= 15 is 0 Å². The summed E-state index contributed by atoms with van der Waals surface area (Å²) in [5, 5.41) is 3.80. The molecule has 2 heteroatoms. The molecule has 1 N–H and O–H groups in total. The molecule has 0 saturated carbocycles. The van der Waals surface area contributed by atoms with E-state index in [9.17, 15) is 0 Å². The summed E-state index contributed by atoms with van der Waals surface area (Å²) < 4.78 is 0. The highest BCUT2D eigenvalue weighted by atomic mass is 15.1. The number of nitrogens with zero attached hydrogens (tertiary/aromatic N) is 1. The molecule has 0 amide bonds.